The first-order chi connectivity index (χ1) is 9.13. The van der Waals surface area contributed by atoms with Crippen LogP contribution in [0.3, 0.4) is 0 Å². The fourth-order valence-corrected chi connectivity index (χ4v) is 2.65. The van der Waals surface area contributed by atoms with Gasteiger partial charge >= 0.3 is 0 Å². The largest absolute Gasteiger partial charge is 0.377 e. The summed E-state index contributed by atoms with van der Waals surface area (Å²) in [7, 11) is 0. The molecule has 5 nitrogen and oxygen atoms in total. The predicted molar refractivity (Wildman–Crippen MR) is 77.3 cm³/mol. The molecule has 1 aromatic heterocycles. The zero-order chi connectivity index (χ0) is 13.8. The molecule has 1 saturated heterocycles. The Morgan fingerprint density at radius 2 is 2.47 bits per heavy atom. The van der Waals surface area contributed by atoms with Crippen molar-refractivity contribution < 1.29 is 9.53 Å². The van der Waals surface area contributed by atoms with E-state index in [1.807, 2.05) is 24.8 Å². The Hall–Kier alpha value is -1.14. The van der Waals surface area contributed by atoms with Crippen molar-refractivity contribution in [3.8, 4) is 0 Å². The number of carbonyl (C=O) groups excluding carboxylic acids is 1. The van der Waals surface area contributed by atoms with Gasteiger partial charge in [0.15, 0.2) is 0 Å². The minimum absolute atomic E-state index is 0.00804. The number of morpholine rings is 1. The molecule has 1 aliphatic heterocycles. The van der Waals surface area contributed by atoms with E-state index in [9.17, 15) is 4.79 Å². The molecule has 6 heteroatoms. The van der Waals surface area contributed by atoms with Crippen LogP contribution in [0.4, 0.5) is 5.82 Å². The summed E-state index contributed by atoms with van der Waals surface area (Å²) in [5, 5.41) is 2.85. The van der Waals surface area contributed by atoms with Crippen molar-refractivity contribution in [2.24, 2.45) is 0 Å². The average Bonchev–Trinajstić information content (AvgIpc) is 2.39. The summed E-state index contributed by atoms with van der Waals surface area (Å²) in [5.41, 5.74) is 1.05. The highest BCUT2D eigenvalue weighted by Gasteiger charge is 2.30. The molecule has 2 heterocycles. The lowest BCUT2D eigenvalue weighted by molar-refractivity contribution is -0.124. The van der Waals surface area contributed by atoms with Crippen molar-refractivity contribution in [2.75, 3.05) is 31.2 Å². The summed E-state index contributed by atoms with van der Waals surface area (Å²) < 4.78 is 6.37. The number of ether oxygens (including phenoxy) is 1. The van der Waals surface area contributed by atoms with Gasteiger partial charge in [-0.15, -0.1) is 0 Å². The van der Waals surface area contributed by atoms with Gasteiger partial charge in [-0.25, -0.2) is 4.98 Å². The number of amides is 1. The summed E-state index contributed by atoms with van der Waals surface area (Å²) in [5.74, 6) is 0.842. The van der Waals surface area contributed by atoms with E-state index in [-0.39, 0.29) is 11.9 Å². The molecule has 0 aliphatic carbocycles. The third kappa shape index (κ3) is 3.25. The highest BCUT2D eigenvalue weighted by atomic mass is 79.9. The zero-order valence-corrected chi connectivity index (χ0v) is 12.7. The highest BCUT2D eigenvalue weighted by Crippen LogP contribution is 2.24. The van der Waals surface area contributed by atoms with Crippen LogP contribution in [0.2, 0.25) is 0 Å². The van der Waals surface area contributed by atoms with Crippen LogP contribution in [0.15, 0.2) is 16.7 Å². The summed E-state index contributed by atoms with van der Waals surface area (Å²) in [6, 6.07) is 1.70. The molecule has 0 spiro atoms. The van der Waals surface area contributed by atoms with E-state index >= 15 is 0 Å². The fourth-order valence-electron chi connectivity index (χ4n) is 2.20. The third-order valence-electron chi connectivity index (χ3n) is 3.07. The number of aryl methyl sites for hydroxylation is 1. The molecule has 0 aromatic carbocycles. The SMILES string of the molecule is CCNC(=O)C1COCCN1c1ncc(Br)cc1C. The number of hydrogen-bond donors (Lipinski definition) is 1. The van der Waals surface area contributed by atoms with Crippen molar-refractivity contribution in [1.29, 1.82) is 0 Å². The number of nitrogens with zero attached hydrogens (tertiary/aromatic N) is 2. The first kappa shape index (κ1) is 14.3. The molecule has 1 aliphatic rings. The molecular formula is C13H18BrN3O2. The van der Waals surface area contributed by atoms with E-state index in [0.717, 1.165) is 15.9 Å². The molecule has 1 amide bonds. The summed E-state index contributed by atoms with van der Waals surface area (Å²) in [6.07, 6.45) is 1.76. The van der Waals surface area contributed by atoms with E-state index < -0.39 is 0 Å². The van der Waals surface area contributed by atoms with E-state index in [1.165, 1.54) is 0 Å². The maximum Gasteiger partial charge on any atom is 0.245 e. The van der Waals surface area contributed by atoms with Crippen molar-refractivity contribution in [3.63, 3.8) is 0 Å². The first-order valence-electron chi connectivity index (χ1n) is 6.37. The molecule has 2 rings (SSSR count). The van der Waals surface area contributed by atoms with Crippen molar-refractivity contribution in [1.82, 2.24) is 10.3 Å². The second kappa shape index (κ2) is 6.34. The maximum atomic E-state index is 12.1. The Labute approximate surface area is 121 Å². The van der Waals surface area contributed by atoms with Crippen molar-refractivity contribution in [3.05, 3.63) is 22.3 Å². The molecule has 1 unspecified atom stereocenters. The monoisotopic (exact) mass is 327 g/mol. The topological polar surface area (TPSA) is 54.5 Å². The number of rotatable bonds is 3. The van der Waals surface area contributed by atoms with Crippen LogP contribution in [0.5, 0.6) is 0 Å². The number of halogens is 1. The van der Waals surface area contributed by atoms with Gasteiger partial charge < -0.3 is 15.0 Å². The fraction of sp³-hybridized carbons (Fsp3) is 0.538. The normalized spacial score (nSPS) is 19.3. The van der Waals surface area contributed by atoms with Gasteiger partial charge in [0, 0.05) is 23.8 Å². The minimum atomic E-state index is -0.305. The van der Waals surface area contributed by atoms with Gasteiger partial charge in [0.1, 0.15) is 11.9 Å². The highest BCUT2D eigenvalue weighted by molar-refractivity contribution is 9.10. The zero-order valence-electron chi connectivity index (χ0n) is 11.1. The van der Waals surface area contributed by atoms with Gasteiger partial charge in [0.25, 0.3) is 0 Å². The van der Waals surface area contributed by atoms with Crippen LogP contribution in [-0.2, 0) is 9.53 Å². The van der Waals surface area contributed by atoms with Crippen LogP contribution < -0.4 is 10.2 Å². The Kier molecular flexibility index (Phi) is 4.76. The van der Waals surface area contributed by atoms with Crippen LogP contribution in [-0.4, -0.2) is 43.2 Å². The van der Waals surface area contributed by atoms with Crippen LogP contribution >= 0.6 is 15.9 Å². The number of hydrogen-bond acceptors (Lipinski definition) is 4. The second-order valence-electron chi connectivity index (χ2n) is 4.47. The number of likely N-dealkylation sites (N-methyl/N-ethyl adjacent to an activating group) is 1. The molecule has 0 saturated carbocycles. The van der Waals surface area contributed by atoms with Crippen molar-refractivity contribution >= 4 is 27.7 Å². The maximum absolute atomic E-state index is 12.1. The summed E-state index contributed by atoms with van der Waals surface area (Å²) >= 11 is 3.40. The number of pyridine rings is 1. The second-order valence-corrected chi connectivity index (χ2v) is 5.39. The molecule has 1 atom stereocenters. The standard InChI is InChI=1S/C13H18BrN3O2/c1-3-15-13(18)11-8-19-5-4-17(11)12-9(2)6-10(14)7-16-12/h6-7,11H,3-5,8H2,1-2H3,(H,15,18). The first-order valence-corrected chi connectivity index (χ1v) is 7.17. The van der Waals surface area contributed by atoms with Gasteiger partial charge in [-0.2, -0.15) is 0 Å². The Morgan fingerprint density at radius 1 is 1.68 bits per heavy atom. The lowest BCUT2D eigenvalue weighted by Gasteiger charge is -2.36. The van der Waals surface area contributed by atoms with E-state index in [1.54, 1.807) is 6.20 Å². The Bertz CT molecular complexity index is 467. The lowest BCUT2D eigenvalue weighted by atomic mass is 10.1. The smallest absolute Gasteiger partial charge is 0.245 e. The van der Waals surface area contributed by atoms with Crippen LogP contribution in [0, 0.1) is 6.92 Å². The molecule has 0 radical (unpaired) electrons. The van der Waals surface area contributed by atoms with Gasteiger partial charge in [-0.05, 0) is 41.4 Å². The van der Waals surface area contributed by atoms with Gasteiger partial charge in [-0.1, -0.05) is 0 Å². The van der Waals surface area contributed by atoms with Crippen LogP contribution in [0.1, 0.15) is 12.5 Å². The van der Waals surface area contributed by atoms with E-state index in [4.69, 9.17) is 4.74 Å². The molecular weight excluding hydrogens is 310 g/mol. The number of nitrogens with one attached hydrogen (secondary N) is 1. The van der Waals surface area contributed by atoms with E-state index in [0.29, 0.717) is 26.3 Å². The summed E-state index contributed by atoms with van der Waals surface area (Å²) in [6.45, 7) is 6.23. The Balaban J connectivity index is 2.26. The number of aromatic nitrogens is 1. The molecule has 0 bridgehead atoms. The number of anilines is 1. The average molecular weight is 328 g/mol. The minimum Gasteiger partial charge on any atom is -0.377 e. The lowest BCUT2D eigenvalue weighted by Crippen LogP contribution is -2.54. The van der Waals surface area contributed by atoms with Crippen LogP contribution in [0.25, 0.3) is 0 Å². The molecule has 1 N–H and O–H groups in total. The molecule has 19 heavy (non-hydrogen) atoms. The Morgan fingerprint density at radius 3 is 3.16 bits per heavy atom. The van der Waals surface area contributed by atoms with Gasteiger partial charge in [-0.3, -0.25) is 4.79 Å². The number of carbonyl (C=O) groups is 1. The molecule has 104 valence electrons. The van der Waals surface area contributed by atoms with Gasteiger partial charge in [0.2, 0.25) is 5.91 Å². The quantitative estimate of drug-likeness (QED) is 0.914. The summed E-state index contributed by atoms with van der Waals surface area (Å²) in [4.78, 5) is 18.6. The van der Waals surface area contributed by atoms with E-state index in [2.05, 4.69) is 26.2 Å². The van der Waals surface area contributed by atoms with Gasteiger partial charge in [0.05, 0.1) is 13.2 Å². The third-order valence-corrected chi connectivity index (χ3v) is 3.51. The molecule has 1 aromatic rings. The molecule has 1 fully saturated rings. The van der Waals surface area contributed by atoms with Crippen molar-refractivity contribution in [2.45, 2.75) is 19.9 Å². The predicted octanol–water partition coefficient (Wildman–Crippen LogP) is 1.49.